The van der Waals surface area contributed by atoms with Crippen molar-refractivity contribution in [3.8, 4) is 0 Å². The molecule has 0 atom stereocenters. The molecule has 2 amide bonds. The van der Waals surface area contributed by atoms with Gasteiger partial charge in [0, 0.05) is 20.2 Å². The van der Waals surface area contributed by atoms with Gasteiger partial charge in [0.25, 0.3) is 11.8 Å². The molecule has 3 rings (SSSR count). The molecule has 2 N–H and O–H groups in total. The van der Waals surface area contributed by atoms with E-state index in [2.05, 4.69) is 15.7 Å². The standard InChI is InChI=1S/C16H24N4O3/c1-23-16(6-4-2-3-5-7-16)11-18-14(21)12-10-19-20-9-8-17-15(22)13(12)20/h10H,2-9,11H2,1H3,(H,17,22)(H,18,21). The fraction of sp³-hybridized carbons (Fsp3) is 0.688. The molecular weight excluding hydrogens is 296 g/mol. The van der Waals surface area contributed by atoms with Crippen LogP contribution >= 0.6 is 0 Å². The van der Waals surface area contributed by atoms with Gasteiger partial charge in [-0.1, -0.05) is 25.7 Å². The summed E-state index contributed by atoms with van der Waals surface area (Å²) < 4.78 is 7.33. The van der Waals surface area contributed by atoms with Gasteiger partial charge in [-0.05, 0) is 12.8 Å². The second-order valence-corrected chi connectivity index (χ2v) is 6.37. The maximum Gasteiger partial charge on any atom is 0.270 e. The van der Waals surface area contributed by atoms with Crippen molar-refractivity contribution < 1.29 is 14.3 Å². The van der Waals surface area contributed by atoms with Crippen molar-refractivity contribution in [1.82, 2.24) is 20.4 Å². The Balaban J connectivity index is 1.70. The zero-order valence-corrected chi connectivity index (χ0v) is 13.6. The number of ether oxygens (including phenoxy) is 1. The van der Waals surface area contributed by atoms with Crippen molar-refractivity contribution >= 4 is 11.8 Å². The largest absolute Gasteiger partial charge is 0.376 e. The van der Waals surface area contributed by atoms with Crippen LogP contribution in [0.15, 0.2) is 6.20 Å². The van der Waals surface area contributed by atoms with Crippen molar-refractivity contribution in [3.05, 3.63) is 17.5 Å². The number of carbonyl (C=O) groups is 2. The number of carbonyl (C=O) groups excluding carboxylic acids is 2. The second-order valence-electron chi connectivity index (χ2n) is 6.37. The second kappa shape index (κ2) is 6.70. The van der Waals surface area contributed by atoms with E-state index in [0.29, 0.717) is 30.9 Å². The van der Waals surface area contributed by atoms with E-state index in [0.717, 1.165) is 25.7 Å². The Morgan fingerprint density at radius 2 is 2.13 bits per heavy atom. The molecule has 2 heterocycles. The molecule has 0 unspecified atom stereocenters. The average molecular weight is 320 g/mol. The maximum absolute atomic E-state index is 12.5. The lowest BCUT2D eigenvalue weighted by Gasteiger charge is -2.31. The Morgan fingerprint density at radius 3 is 2.83 bits per heavy atom. The number of hydrogen-bond acceptors (Lipinski definition) is 4. The summed E-state index contributed by atoms with van der Waals surface area (Å²) in [6, 6.07) is 0. The zero-order valence-electron chi connectivity index (χ0n) is 13.6. The van der Waals surface area contributed by atoms with Gasteiger partial charge in [0.1, 0.15) is 5.69 Å². The quantitative estimate of drug-likeness (QED) is 0.814. The highest BCUT2D eigenvalue weighted by atomic mass is 16.5. The molecule has 7 nitrogen and oxygen atoms in total. The van der Waals surface area contributed by atoms with Crippen LogP contribution in [0.2, 0.25) is 0 Å². The Morgan fingerprint density at radius 1 is 1.39 bits per heavy atom. The zero-order chi connectivity index (χ0) is 16.3. The lowest BCUT2D eigenvalue weighted by Crippen LogP contribution is -2.45. The average Bonchev–Trinajstić information content (AvgIpc) is 2.86. The third-order valence-corrected chi connectivity index (χ3v) is 4.93. The summed E-state index contributed by atoms with van der Waals surface area (Å²) in [4.78, 5) is 24.5. The lowest BCUT2D eigenvalue weighted by molar-refractivity contribution is -0.0205. The first-order valence-electron chi connectivity index (χ1n) is 8.33. The number of hydrogen-bond donors (Lipinski definition) is 2. The van der Waals surface area contributed by atoms with E-state index in [4.69, 9.17) is 4.74 Å². The molecule has 1 aliphatic heterocycles. The van der Waals surface area contributed by atoms with Crippen LogP contribution in [0.3, 0.4) is 0 Å². The molecule has 1 aromatic rings. The van der Waals surface area contributed by atoms with E-state index in [1.54, 1.807) is 11.8 Å². The predicted octanol–water partition coefficient (Wildman–Crippen LogP) is 1.10. The van der Waals surface area contributed by atoms with E-state index < -0.39 is 0 Å². The molecular formula is C16H24N4O3. The van der Waals surface area contributed by atoms with Crippen molar-refractivity contribution in [2.75, 3.05) is 20.2 Å². The molecule has 0 radical (unpaired) electrons. The number of fused-ring (bicyclic) bond motifs is 1. The van der Waals surface area contributed by atoms with Crippen LogP contribution in [0, 0.1) is 0 Å². The minimum Gasteiger partial charge on any atom is -0.376 e. The molecule has 1 fully saturated rings. The summed E-state index contributed by atoms with van der Waals surface area (Å²) in [6.07, 6.45) is 8.06. The Labute approximate surface area is 135 Å². The van der Waals surface area contributed by atoms with Crippen LogP contribution in [-0.2, 0) is 11.3 Å². The molecule has 126 valence electrons. The van der Waals surface area contributed by atoms with Crippen LogP contribution in [0.5, 0.6) is 0 Å². The molecule has 0 bridgehead atoms. The first-order chi connectivity index (χ1) is 11.2. The highest BCUT2D eigenvalue weighted by Crippen LogP contribution is 2.29. The number of rotatable bonds is 4. The fourth-order valence-electron chi connectivity index (χ4n) is 3.48. The van der Waals surface area contributed by atoms with Gasteiger partial charge in [0.05, 0.1) is 23.9 Å². The summed E-state index contributed by atoms with van der Waals surface area (Å²) in [5.74, 6) is -0.501. The Bertz CT molecular complexity index is 588. The van der Waals surface area contributed by atoms with Gasteiger partial charge in [-0.25, -0.2) is 0 Å². The number of nitrogens with zero attached hydrogens (tertiary/aromatic N) is 2. The topological polar surface area (TPSA) is 85.2 Å². The summed E-state index contributed by atoms with van der Waals surface area (Å²) in [6.45, 7) is 1.60. The van der Waals surface area contributed by atoms with E-state index >= 15 is 0 Å². The van der Waals surface area contributed by atoms with E-state index in [1.807, 2.05) is 0 Å². The Kier molecular flexibility index (Phi) is 4.66. The van der Waals surface area contributed by atoms with Gasteiger partial charge in [-0.3, -0.25) is 14.3 Å². The van der Waals surface area contributed by atoms with Crippen molar-refractivity contribution in [2.45, 2.75) is 50.7 Å². The summed E-state index contributed by atoms with van der Waals surface area (Å²) in [5, 5.41) is 9.83. The summed E-state index contributed by atoms with van der Waals surface area (Å²) >= 11 is 0. The van der Waals surface area contributed by atoms with Crippen LogP contribution in [0.25, 0.3) is 0 Å². The summed E-state index contributed by atoms with van der Waals surface area (Å²) in [5.41, 5.74) is 0.393. The van der Waals surface area contributed by atoms with Crippen LogP contribution < -0.4 is 10.6 Å². The number of amides is 2. The maximum atomic E-state index is 12.5. The molecule has 23 heavy (non-hydrogen) atoms. The molecule has 1 aromatic heterocycles. The first kappa shape index (κ1) is 16.0. The van der Waals surface area contributed by atoms with Crippen LogP contribution in [0.1, 0.15) is 59.4 Å². The number of aromatic nitrogens is 2. The minimum absolute atomic E-state index is 0.241. The Hall–Kier alpha value is -1.89. The highest BCUT2D eigenvalue weighted by Gasteiger charge is 2.32. The van der Waals surface area contributed by atoms with Crippen molar-refractivity contribution in [1.29, 1.82) is 0 Å². The smallest absolute Gasteiger partial charge is 0.270 e. The molecule has 1 saturated carbocycles. The predicted molar refractivity (Wildman–Crippen MR) is 84.3 cm³/mol. The molecule has 7 heteroatoms. The SMILES string of the molecule is COC1(CNC(=O)c2cnn3c2C(=O)NCC3)CCCCCC1. The van der Waals surface area contributed by atoms with Gasteiger partial charge in [0.2, 0.25) is 0 Å². The monoisotopic (exact) mass is 320 g/mol. The van der Waals surface area contributed by atoms with Gasteiger partial charge < -0.3 is 15.4 Å². The number of methoxy groups -OCH3 is 1. The van der Waals surface area contributed by atoms with Gasteiger partial charge >= 0.3 is 0 Å². The molecule has 1 aliphatic carbocycles. The van der Waals surface area contributed by atoms with E-state index in [9.17, 15) is 9.59 Å². The third kappa shape index (κ3) is 3.24. The van der Waals surface area contributed by atoms with Gasteiger partial charge in [0.15, 0.2) is 0 Å². The normalized spacial score (nSPS) is 20.3. The van der Waals surface area contributed by atoms with Crippen LogP contribution in [-0.4, -0.2) is 47.4 Å². The van der Waals surface area contributed by atoms with Gasteiger partial charge in [-0.2, -0.15) is 5.10 Å². The molecule has 0 aromatic carbocycles. The fourth-order valence-corrected chi connectivity index (χ4v) is 3.48. The van der Waals surface area contributed by atoms with Crippen LogP contribution in [0.4, 0.5) is 0 Å². The molecule has 0 spiro atoms. The molecule has 2 aliphatic rings. The lowest BCUT2D eigenvalue weighted by atomic mass is 9.94. The third-order valence-electron chi connectivity index (χ3n) is 4.93. The van der Waals surface area contributed by atoms with E-state index in [-0.39, 0.29) is 17.4 Å². The first-order valence-corrected chi connectivity index (χ1v) is 8.33. The minimum atomic E-state index is -0.290. The number of nitrogens with one attached hydrogen (secondary N) is 2. The van der Waals surface area contributed by atoms with Crippen molar-refractivity contribution in [3.63, 3.8) is 0 Å². The van der Waals surface area contributed by atoms with Gasteiger partial charge in [-0.15, -0.1) is 0 Å². The van der Waals surface area contributed by atoms with E-state index in [1.165, 1.54) is 19.0 Å². The highest BCUT2D eigenvalue weighted by molar-refractivity contribution is 6.06. The summed E-state index contributed by atoms with van der Waals surface area (Å²) in [7, 11) is 1.71. The van der Waals surface area contributed by atoms with Crippen molar-refractivity contribution in [2.24, 2.45) is 0 Å². The molecule has 0 saturated heterocycles.